The highest BCUT2D eigenvalue weighted by atomic mass is 16.4. The topological polar surface area (TPSA) is 81.7 Å². The van der Waals surface area contributed by atoms with Gasteiger partial charge in [0.15, 0.2) is 0 Å². The number of amides is 2. The number of carboxylic acid groups (broad SMARTS) is 1. The molecule has 0 saturated carbocycles. The van der Waals surface area contributed by atoms with E-state index < -0.39 is 5.97 Å². The van der Waals surface area contributed by atoms with Crippen molar-refractivity contribution in [1.29, 1.82) is 0 Å². The molecule has 6 heteroatoms. The minimum atomic E-state index is -1.00. The second-order valence-electron chi connectivity index (χ2n) is 3.80. The molecule has 0 fully saturated rings. The van der Waals surface area contributed by atoms with E-state index in [1.54, 1.807) is 13.8 Å². The summed E-state index contributed by atoms with van der Waals surface area (Å²) < 4.78 is 0. The summed E-state index contributed by atoms with van der Waals surface area (Å²) in [5.74, 6) is -1.00. The fourth-order valence-corrected chi connectivity index (χ4v) is 1.20. The van der Waals surface area contributed by atoms with Crippen molar-refractivity contribution < 1.29 is 14.7 Å². The van der Waals surface area contributed by atoms with Crippen molar-refractivity contribution >= 4 is 12.0 Å². The first kappa shape index (κ1) is 14.7. The van der Waals surface area contributed by atoms with Gasteiger partial charge in [-0.25, -0.2) is 4.79 Å². The third kappa shape index (κ3) is 6.23. The van der Waals surface area contributed by atoms with Gasteiger partial charge in [0.1, 0.15) is 6.54 Å². The van der Waals surface area contributed by atoms with Crippen LogP contribution < -0.4 is 10.6 Å². The summed E-state index contributed by atoms with van der Waals surface area (Å²) in [4.78, 5) is 23.5. The van der Waals surface area contributed by atoms with Crippen LogP contribution in [0.1, 0.15) is 20.3 Å². The predicted octanol–water partition coefficient (Wildman–Crippen LogP) is 0.101. The van der Waals surface area contributed by atoms with Crippen LogP contribution in [0.2, 0.25) is 0 Å². The average Bonchev–Trinajstić information content (AvgIpc) is 2.20. The van der Waals surface area contributed by atoms with E-state index in [9.17, 15) is 9.59 Å². The molecule has 16 heavy (non-hydrogen) atoms. The molecule has 0 atom stereocenters. The van der Waals surface area contributed by atoms with Crippen LogP contribution in [0.3, 0.4) is 0 Å². The van der Waals surface area contributed by atoms with Crippen molar-refractivity contribution in [2.45, 2.75) is 26.3 Å². The van der Waals surface area contributed by atoms with E-state index in [-0.39, 0.29) is 18.6 Å². The second-order valence-corrected chi connectivity index (χ2v) is 3.80. The molecule has 2 amide bonds. The Hall–Kier alpha value is -1.30. The Bertz CT molecular complexity index is 231. The quantitative estimate of drug-likeness (QED) is 0.543. The SMILES string of the molecule is CNCCCNC(=O)N(CC(=O)O)C(C)C. The van der Waals surface area contributed by atoms with E-state index in [0.29, 0.717) is 6.54 Å². The summed E-state index contributed by atoms with van der Waals surface area (Å²) in [6, 6.07) is -0.450. The van der Waals surface area contributed by atoms with Crippen LogP contribution in [0.15, 0.2) is 0 Å². The van der Waals surface area contributed by atoms with Crippen molar-refractivity contribution in [3.63, 3.8) is 0 Å². The second kappa shape index (κ2) is 7.92. The van der Waals surface area contributed by atoms with Gasteiger partial charge in [0.05, 0.1) is 0 Å². The molecule has 0 aromatic carbocycles. The van der Waals surface area contributed by atoms with Crippen molar-refractivity contribution in [1.82, 2.24) is 15.5 Å². The van der Waals surface area contributed by atoms with E-state index in [1.165, 1.54) is 4.90 Å². The number of rotatable bonds is 7. The highest BCUT2D eigenvalue weighted by Gasteiger charge is 2.18. The maximum absolute atomic E-state index is 11.6. The van der Waals surface area contributed by atoms with Crippen LogP contribution in [0.4, 0.5) is 4.79 Å². The predicted molar refractivity (Wildman–Crippen MR) is 61.4 cm³/mol. The lowest BCUT2D eigenvalue weighted by Crippen LogP contribution is -2.46. The molecule has 94 valence electrons. The van der Waals surface area contributed by atoms with Gasteiger partial charge in [-0.3, -0.25) is 4.79 Å². The third-order valence-corrected chi connectivity index (χ3v) is 2.07. The minimum absolute atomic E-state index is 0.125. The van der Waals surface area contributed by atoms with Crippen LogP contribution in [0.25, 0.3) is 0 Å². The molecule has 0 saturated heterocycles. The average molecular weight is 231 g/mol. The molecule has 0 spiro atoms. The largest absolute Gasteiger partial charge is 0.480 e. The molecule has 0 aliphatic rings. The first-order chi connectivity index (χ1) is 7.49. The zero-order chi connectivity index (χ0) is 12.6. The van der Waals surface area contributed by atoms with E-state index >= 15 is 0 Å². The Morgan fingerprint density at radius 3 is 2.38 bits per heavy atom. The van der Waals surface area contributed by atoms with E-state index in [0.717, 1.165) is 13.0 Å². The number of hydrogen-bond acceptors (Lipinski definition) is 3. The van der Waals surface area contributed by atoms with Gasteiger partial charge in [-0.1, -0.05) is 0 Å². The molecular formula is C10H21N3O3. The number of nitrogens with zero attached hydrogens (tertiary/aromatic N) is 1. The first-order valence-corrected chi connectivity index (χ1v) is 5.40. The van der Waals surface area contributed by atoms with E-state index in [4.69, 9.17) is 5.11 Å². The lowest BCUT2D eigenvalue weighted by molar-refractivity contribution is -0.138. The Morgan fingerprint density at radius 1 is 1.31 bits per heavy atom. The molecule has 0 aromatic heterocycles. The lowest BCUT2D eigenvalue weighted by atomic mass is 10.3. The maximum Gasteiger partial charge on any atom is 0.323 e. The highest BCUT2D eigenvalue weighted by Crippen LogP contribution is 1.98. The van der Waals surface area contributed by atoms with Gasteiger partial charge in [0, 0.05) is 12.6 Å². The number of aliphatic carboxylic acids is 1. The molecule has 0 aromatic rings. The standard InChI is InChI=1S/C10H21N3O3/c1-8(2)13(7-9(14)15)10(16)12-6-4-5-11-3/h8,11H,4-7H2,1-3H3,(H,12,16)(H,14,15). The summed E-state index contributed by atoms with van der Waals surface area (Å²) in [7, 11) is 1.84. The Morgan fingerprint density at radius 2 is 1.94 bits per heavy atom. The normalized spacial score (nSPS) is 10.2. The Labute approximate surface area is 96.0 Å². The zero-order valence-electron chi connectivity index (χ0n) is 10.1. The number of hydrogen-bond donors (Lipinski definition) is 3. The molecule has 0 heterocycles. The molecule has 0 aliphatic heterocycles. The number of carboxylic acids is 1. The number of carbonyl (C=O) groups excluding carboxylic acids is 1. The van der Waals surface area contributed by atoms with Gasteiger partial charge in [0.2, 0.25) is 0 Å². The van der Waals surface area contributed by atoms with E-state index in [1.807, 2.05) is 7.05 Å². The summed E-state index contributed by atoms with van der Waals surface area (Å²) in [5.41, 5.74) is 0. The van der Waals surface area contributed by atoms with Crippen LogP contribution >= 0.6 is 0 Å². The van der Waals surface area contributed by atoms with Crippen molar-refractivity contribution in [3.05, 3.63) is 0 Å². The van der Waals surface area contributed by atoms with Gasteiger partial charge in [-0.15, -0.1) is 0 Å². The van der Waals surface area contributed by atoms with Crippen molar-refractivity contribution in [2.24, 2.45) is 0 Å². The molecule has 0 bridgehead atoms. The maximum atomic E-state index is 11.6. The molecular weight excluding hydrogens is 210 g/mol. The van der Waals surface area contributed by atoms with Crippen molar-refractivity contribution in [2.75, 3.05) is 26.7 Å². The summed E-state index contributed by atoms with van der Waals surface area (Å²) >= 11 is 0. The molecule has 3 N–H and O–H groups in total. The smallest absolute Gasteiger partial charge is 0.323 e. The van der Waals surface area contributed by atoms with Gasteiger partial charge in [-0.05, 0) is 33.9 Å². The van der Waals surface area contributed by atoms with Crippen LogP contribution in [-0.4, -0.2) is 54.7 Å². The van der Waals surface area contributed by atoms with Crippen LogP contribution in [0, 0.1) is 0 Å². The fraction of sp³-hybridized carbons (Fsp3) is 0.800. The van der Waals surface area contributed by atoms with E-state index in [2.05, 4.69) is 10.6 Å². The molecule has 0 rings (SSSR count). The Kier molecular flexibility index (Phi) is 7.28. The third-order valence-electron chi connectivity index (χ3n) is 2.07. The molecule has 6 nitrogen and oxygen atoms in total. The van der Waals surface area contributed by atoms with Crippen molar-refractivity contribution in [3.8, 4) is 0 Å². The molecule has 0 aliphatic carbocycles. The zero-order valence-corrected chi connectivity index (χ0v) is 10.1. The molecule has 0 radical (unpaired) electrons. The van der Waals surface area contributed by atoms with Gasteiger partial charge >= 0.3 is 12.0 Å². The highest BCUT2D eigenvalue weighted by molar-refractivity contribution is 5.80. The summed E-state index contributed by atoms with van der Waals surface area (Å²) in [6.45, 7) is 4.67. The fourth-order valence-electron chi connectivity index (χ4n) is 1.20. The van der Waals surface area contributed by atoms with Crippen LogP contribution in [0.5, 0.6) is 0 Å². The molecule has 0 unspecified atom stereocenters. The van der Waals surface area contributed by atoms with Crippen LogP contribution in [-0.2, 0) is 4.79 Å². The number of nitrogens with one attached hydrogen (secondary N) is 2. The summed E-state index contributed by atoms with van der Waals surface area (Å²) in [6.07, 6.45) is 0.821. The summed E-state index contributed by atoms with van der Waals surface area (Å²) in [5, 5.41) is 14.3. The van der Waals surface area contributed by atoms with Gasteiger partial charge in [-0.2, -0.15) is 0 Å². The van der Waals surface area contributed by atoms with Gasteiger partial charge in [0.25, 0.3) is 0 Å². The number of carbonyl (C=O) groups is 2. The number of urea groups is 1. The monoisotopic (exact) mass is 231 g/mol. The first-order valence-electron chi connectivity index (χ1n) is 5.40. The minimum Gasteiger partial charge on any atom is -0.480 e. The lowest BCUT2D eigenvalue weighted by Gasteiger charge is -2.25. The van der Waals surface area contributed by atoms with Gasteiger partial charge < -0.3 is 20.6 Å². The Balaban J connectivity index is 4.02.